The molecule has 6 nitrogen and oxygen atoms in total. The van der Waals surface area contributed by atoms with E-state index in [-0.39, 0.29) is 17.0 Å². The van der Waals surface area contributed by atoms with Gasteiger partial charge in [0.1, 0.15) is 16.7 Å². The summed E-state index contributed by atoms with van der Waals surface area (Å²) in [4.78, 5) is 1.96. The quantitative estimate of drug-likeness (QED) is 0.576. The van der Waals surface area contributed by atoms with Crippen LogP contribution in [0.4, 0.5) is 11.4 Å². The Morgan fingerprint density at radius 1 is 0.900 bits per heavy atom. The van der Waals surface area contributed by atoms with Crippen molar-refractivity contribution in [2.24, 2.45) is 0 Å². The lowest BCUT2D eigenvalue weighted by Crippen LogP contribution is -2.31. The highest BCUT2D eigenvalue weighted by molar-refractivity contribution is 7.92. The van der Waals surface area contributed by atoms with Crippen LogP contribution in [0.25, 0.3) is 0 Å². The van der Waals surface area contributed by atoms with E-state index >= 15 is 0 Å². The third kappa shape index (κ3) is 4.39. The van der Waals surface area contributed by atoms with Crippen molar-refractivity contribution in [1.82, 2.24) is 0 Å². The largest absolute Gasteiger partial charge is 0.497 e. The molecule has 0 aliphatic rings. The van der Waals surface area contributed by atoms with E-state index in [4.69, 9.17) is 4.74 Å². The van der Waals surface area contributed by atoms with E-state index in [0.717, 1.165) is 11.3 Å². The number of anilines is 2. The van der Waals surface area contributed by atoms with E-state index in [1.165, 1.54) is 16.4 Å². The van der Waals surface area contributed by atoms with Crippen LogP contribution >= 0.6 is 0 Å². The number of hydrogen-bond acceptors (Lipinski definition) is 5. The maximum Gasteiger partial charge on any atom is 0.265 e. The number of benzene rings is 3. The highest BCUT2D eigenvalue weighted by Gasteiger charge is 2.27. The SMILES string of the molecule is COc1ccc(N(Cc2ccc(N(C)C)cc2)S(=O)(=O)c2ccccc2C#N)cc1. The van der Waals surface area contributed by atoms with Crippen LogP contribution in [0.15, 0.2) is 77.7 Å². The van der Waals surface area contributed by atoms with Gasteiger partial charge in [0.25, 0.3) is 10.0 Å². The normalized spacial score (nSPS) is 10.9. The summed E-state index contributed by atoms with van der Waals surface area (Å²) in [5.74, 6) is 0.629. The Bertz CT molecular complexity index is 1150. The summed E-state index contributed by atoms with van der Waals surface area (Å²) in [7, 11) is 1.47. The molecule has 154 valence electrons. The van der Waals surface area contributed by atoms with Crippen molar-refractivity contribution in [3.05, 3.63) is 83.9 Å². The predicted octanol–water partition coefficient (Wildman–Crippen LogP) is 4.03. The van der Waals surface area contributed by atoms with Gasteiger partial charge in [-0.25, -0.2) is 8.42 Å². The van der Waals surface area contributed by atoms with Gasteiger partial charge >= 0.3 is 0 Å². The summed E-state index contributed by atoms with van der Waals surface area (Å²) < 4.78 is 33.7. The van der Waals surface area contributed by atoms with Crippen LogP contribution < -0.4 is 13.9 Å². The first-order valence-corrected chi connectivity index (χ1v) is 10.7. The number of ether oxygens (including phenoxy) is 1. The molecule has 0 amide bonds. The van der Waals surface area contributed by atoms with Gasteiger partial charge in [-0.2, -0.15) is 5.26 Å². The second-order valence-corrected chi connectivity index (χ2v) is 8.71. The Balaban J connectivity index is 2.08. The first kappa shape index (κ1) is 21.2. The van der Waals surface area contributed by atoms with Crippen molar-refractivity contribution in [1.29, 1.82) is 5.26 Å². The molecule has 3 rings (SSSR count). The van der Waals surface area contributed by atoms with Gasteiger partial charge in [-0.3, -0.25) is 4.31 Å². The summed E-state index contributed by atoms with van der Waals surface area (Å²) in [6, 6.07) is 22.7. The molecule has 3 aromatic rings. The Kier molecular flexibility index (Phi) is 6.28. The van der Waals surface area contributed by atoms with Gasteiger partial charge in [-0.15, -0.1) is 0 Å². The van der Waals surface area contributed by atoms with E-state index in [0.29, 0.717) is 11.4 Å². The summed E-state index contributed by atoms with van der Waals surface area (Å²) >= 11 is 0. The summed E-state index contributed by atoms with van der Waals surface area (Å²) in [5, 5.41) is 9.42. The van der Waals surface area contributed by atoms with Crippen LogP contribution in [-0.2, 0) is 16.6 Å². The molecule has 0 spiro atoms. The highest BCUT2D eigenvalue weighted by Crippen LogP contribution is 2.29. The van der Waals surface area contributed by atoms with Gasteiger partial charge in [0.05, 0.1) is 24.9 Å². The topological polar surface area (TPSA) is 73.6 Å². The average Bonchev–Trinajstić information content (AvgIpc) is 2.77. The van der Waals surface area contributed by atoms with Crippen LogP contribution in [0.3, 0.4) is 0 Å². The van der Waals surface area contributed by atoms with Crippen LogP contribution in [0.2, 0.25) is 0 Å². The molecule has 3 aromatic carbocycles. The standard InChI is InChI=1S/C23H23N3O3S/c1-25(2)20-10-8-18(9-11-20)17-26(21-12-14-22(29-3)15-13-21)30(27,28)23-7-5-4-6-19(23)16-24/h4-15H,17H2,1-3H3. The van der Waals surface area contributed by atoms with Crippen molar-refractivity contribution in [3.8, 4) is 11.8 Å². The minimum Gasteiger partial charge on any atom is -0.497 e. The summed E-state index contributed by atoms with van der Waals surface area (Å²) in [6.45, 7) is 0.127. The van der Waals surface area contributed by atoms with Crippen molar-refractivity contribution >= 4 is 21.4 Å². The van der Waals surface area contributed by atoms with Crippen LogP contribution in [0.5, 0.6) is 5.75 Å². The van der Waals surface area contributed by atoms with Crippen molar-refractivity contribution in [2.45, 2.75) is 11.4 Å². The molecule has 0 radical (unpaired) electrons. The minimum absolute atomic E-state index is 0.0202. The first-order chi connectivity index (χ1) is 14.4. The third-order valence-electron chi connectivity index (χ3n) is 4.71. The van der Waals surface area contributed by atoms with Gasteiger partial charge in [0.15, 0.2) is 0 Å². The zero-order chi connectivity index (χ0) is 21.7. The molecule has 0 heterocycles. The molecule has 0 saturated heterocycles. The monoisotopic (exact) mass is 421 g/mol. The number of hydrogen-bond donors (Lipinski definition) is 0. The molecule has 0 N–H and O–H groups in total. The Labute approximate surface area is 177 Å². The minimum atomic E-state index is -3.98. The second-order valence-electron chi connectivity index (χ2n) is 6.88. The van der Waals surface area contributed by atoms with E-state index in [1.807, 2.05) is 49.3 Å². The summed E-state index contributed by atoms with van der Waals surface area (Å²) in [6.07, 6.45) is 0. The molecule has 0 saturated carbocycles. The molecule has 0 fully saturated rings. The Hall–Kier alpha value is -3.50. The fraction of sp³-hybridized carbons (Fsp3) is 0.174. The predicted molar refractivity (Wildman–Crippen MR) is 118 cm³/mol. The molecule has 0 unspecified atom stereocenters. The Morgan fingerprint density at radius 3 is 2.07 bits per heavy atom. The van der Waals surface area contributed by atoms with Gasteiger partial charge < -0.3 is 9.64 Å². The second kappa shape index (κ2) is 8.89. The molecule has 7 heteroatoms. The number of methoxy groups -OCH3 is 1. The Morgan fingerprint density at radius 2 is 1.50 bits per heavy atom. The van der Waals surface area contributed by atoms with Gasteiger partial charge in [-0.05, 0) is 54.1 Å². The van der Waals surface area contributed by atoms with E-state index in [2.05, 4.69) is 0 Å². The van der Waals surface area contributed by atoms with E-state index in [1.54, 1.807) is 43.5 Å². The maximum absolute atomic E-state index is 13.6. The average molecular weight is 422 g/mol. The zero-order valence-electron chi connectivity index (χ0n) is 17.1. The number of sulfonamides is 1. The molecule has 0 aliphatic heterocycles. The van der Waals surface area contributed by atoms with Crippen LogP contribution in [0, 0.1) is 11.3 Å². The first-order valence-electron chi connectivity index (χ1n) is 9.29. The molecule has 0 aromatic heterocycles. The maximum atomic E-state index is 13.6. The van der Waals surface area contributed by atoms with Gasteiger partial charge in [0, 0.05) is 19.8 Å². The van der Waals surface area contributed by atoms with Crippen molar-refractivity contribution in [2.75, 3.05) is 30.4 Å². The molecular weight excluding hydrogens is 398 g/mol. The molecule has 30 heavy (non-hydrogen) atoms. The lowest BCUT2D eigenvalue weighted by atomic mass is 10.2. The zero-order valence-corrected chi connectivity index (χ0v) is 17.9. The number of nitriles is 1. The lowest BCUT2D eigenvalue weighted by molar-refractivity contribution is 0.415. The van der Waals surface area contributed by atoms with Crippen molar-refractivity contribution in [3.63, 3.8) is 0 Å². The fourth-order valence-electron chi connectivity index (χ4n) is 3.03. The van der Waals surface area contributed by atoms with E-state index < -0.39 is 10.0 Å². The lowest BCUT2D eigenvalue weighted by Gasteiger charge is -2.25. The smallest absolute Gasteiger partial charge is 0.265 e. The van der Waals surface area contributed by atoms with Gasteiger partial charge in [-0.1, -0.05) is 24.3 Å². The van der Waals surface area contributed by atoms with Crippen LogP contribution in [0.1, 0.15) is 11.1 Å². The molecule has 0 aliphatic carbocycles. The molecular formula is C23H23N3O3S. The van der Waals surface area contributed by atoms with E-state index in [9.17, 15) is 13.7 Å². The van der Waals surface area contributed by atoms with Crippen LogP contribution in [-0.4, -0.2) is 29.6 Å². The number of nitrogens with zero attached hydrogens (tertiary/aromatic N) is 3. The van der Waals surface area contributed by atoms with Crippen molar-refractivity contribution < 1.29 is 13.2 Å². The fourth-order valence-corrected chi connectivity index (χ4v) is 4.63. The molecule has 0 bridgehead atoms. The summed E-state index contributed by atoms with van der Waals surface area (Å²) in [5.41, 5.74) is 2.45. The number of rotatable bonds is 7. The highest BCUT2D eigenvalue weighted by atomic mass is 32.2. The third-order valence-corrected chi connectivity index (χ3v) is 6.55. The molecule has 0 atom stereocenters. The van der Waals surface area contributed by atoms with Gasteiger partial charge in [0.2, 0.25) is 0 Å².